The summed E-state index contributed by atoms with van der Waals surface area (Å²) < 4.78 is 0. The van der Waals surface area contributed by atoms with Crippen molar-refractivity contribution in [1.29, 1.82) is 0 Å². The Morgan fingerprint density at radius 1 is 1.17 bits per heavy atom. The normalized spacial score (nSPS) is 28.4. The van der Waals surface area contributed by atoms with Gasteiger partial charge in [-0.3, -0.25) is 14.4 Å². The van der Waals surface area contributed by atoms with E-state index in [0.717, 1.165) is 6.42 Å². The van der Waals surface area contributed by atoms with Gasteiger partial charge in [0.2, 0.25) is 5.91 Å². The Kier molecular flexibility index (Phi) is 4.07. The standard InChI is InChI=1S/C17H20N2O4/c1-9-5-14(9)16(21)18-12-4-2-3-10(6-12)15(20)19-13-7-11(8-13)17(22)23/h2-4,6,9,11,13-14H,5,7-8H2,1H3,(H,18,21)(H,19,20)(H,22,23). The van der Waals surface area contributed by atoms with Gasteiger partial charge in [0.1, 0.15) is 0 Å². The highest BCUT2D eigenvalue weighted by Gasteiger charge is 2.39. The summed E-state index contributed by atoms with van der Waals surface area (Å²) in [7, 11) is 0. The van der Waals surface area contributed by atoms with Gasteiger partial charge in [-0.05, 0) is 43.4 Å². The average molecular weight is 316 g/mol. The number of hydrogen-bond donors (Lipinski definition) is 3. The van der Waals surface area contributed by atoms with Crippen molar-refractivity contribution < 1.29 is 19.5 Å². The minimum atomic E-state index is -0.811. The minimum absolute atomic E-state index is 0.00153. The molecule has 1 aromatic rings. The Bertz CT molecular complexity index is 652. The molecule has 2 unspecified atom stereocenters. The number of anilines is 1. The number of nitrogens with one attached hydrogen (secondary N) is 2. The molecule has 2 fully saturated rings. The molecule has 0 bridgehead atoms. The number of amides is 2. The Labute approximate surface area is 134 Å². The van der Waals surface area contributed by atoms with Gasteiger partial charge in [-0.15, -0.1) is 0 Å². The van der Waals surface area contributed by atoms with Crippen molar-refractivity contribution >= 4 is 23.5 Å². The summed E-state index contributed by atoms with van der Waals surface area (Å²) in [6, 6.07) is 6.72. The first-order valence-corrected chi connectivity index (χ1v) is 7.88. The van der Waals surface area contributed by atoms with E-state index in [2.05, 4.69) is 10.6 Å². The smallest absolute Gasteiger partial charge is 0.306 e. The number of carbonyl (C=O) groups is 3. The first kappa shape index (κ1) is 15.5. The molecule has 23 heavy (non-hydrogen) atoms. The van der Waals surface area contributed by atoms with E-state index in [-0.39, 0.29) is 29.7 Å². The summed E-state index contributed by atoms with van der Waals surface area (Å²) in [6.45, 7) is 2.04. The first-order chi connectivity index (χ1) is 10.9. The summed E-state index contributed by atoms with van der Waals surface area (Å²) >= 11 is 0. The Morgan fingerprint density at radius 3 is 2.48 bits per heavy atom. The third-order valence-electron chi connectivity index (χ3n) is 4.66. The number of carboxylic acid groups (broad SMARTS) is 1. The molecule has 0 heterocycles. The molecular formula is C17H20N2O4. The molecule has 122 valence electrons. The maximum Gasteiger partial charge on any atom is 0.306 e. The van der Waals surface area contributed by atoms with E-state index >= 15 is 0 Å². The van der Waals surface area contributed by atoms with E-state index < -0.39 is 5.97 Å². The summed E-state index contributed by atoms with van der Waals surface area (Å²) in [5, 5.41) is 14.5. The van der Waals surface area contributed by atoms with Crippen LogP contribution in [0.4, 0.5) is 5.69 Å². The van der Waals surface area contributed by atoms with Crippen LogP contribution in [-0.2, 0) is 9.59 Å². The van der Waals surface area contributed by atoms with E-state index in [9.17, 15) is 14.4 Å². The van der Waals surface area contributed by atoms with Gasteiger partial charge in [0, 0.05) is 23.2 Å². The van der Waals surface area contributed by atoms with Crippen LogP contribution in [-0.4, -0.2) is 28.9 Å². The van der Waals surface area contributed by atoms with Gasteiger partial charge >= 0.3 is 5.97 Å². The third kappa shape index (κ3) is 3.52. The molecule has 0 spiro atoms. The lowest BCUT2D eigenvalue weighted by Crippen LogP contribution is -2.46. The fourth-order valence-corrected chi connectivity index (χ4v) is 2.87. The van der Waals surface area contributed by atoms with Gasteiger partial charge in [-0.25, -0.2) is 0 Å². The number of benzene rings is 1. The van der Waals surface area contributed by atoms with Crippen LogP contribution in [0.3, 0.4) is 0 Å². The van der Waals surface area contributed by atoms with E-state index in [0.29, 0.717) is 30.0 Å². The highest BCUT2D eigenvalue weighted by Crippen LogP contribution is 2.38. The quantitative estimate of drug-likeness (QED) is 0.773. The Balaban J connectivity index is 1.55. The highest BCUT2D eigenvalue weighted by atomic mass is 16.4. The van der Waals surface area contributed by atoms with Crippen LogP contribution in [0, 0.1) is 17.8 Å². The predicted octanol–water partition coefficient (Wildman–Crippen LogP) is 1.87. The third-order valence-corrected chi connectivity index (χ3v) is 4.66. The second-order valence-electron chi connectivity index (χ2n) is 6.57. The molecule has 2 amide bonds. The topological polar surface area (TPSA) is 95.5 Å². The van der Waals surface area contributed by atoms with Crippen molar-refractivity contribution in [2.24, 2.45) is 17.8 Å². The van der Waals surface area contributed by atoms with Crippen LogP contribution in [0.1, 0.15) is 36.5 Å². The van der Waals surface area contributed by atoms with Gasteiger partial charge in [-0.2, -0.15) is 0 Å². The van der Waals surface area contributed by atoms with Crippen LogP contribution >= 0.6 is 0 Å². The molecule has 6 nitrogen and oxygen atoms in total. The largest absolute Gasteiger partial charge is 0.481 e. The minimum Gasteiger partial charge on any atom is -0.481 e. The maximum absolute atomic E-state index is 12.2. The van der Waals surface area contributed by atoms with Gasteiger partial charge in [0.15, 0.2) is 0 Å². The summed E-state index contributed by atoms with van der Waals surface area (Å²) in [6.07, 6.45) is 1.85. The molecule has 3 N–H and O–H groups in total. The van der Waals surface area contributed by atoms with Crippen molar-refractivity contribution in [3.8, 4) is 0 Å². The molecule has 6 heteroatoms. The predicted molar refractivity (Wildman–Crippen MR) is 84.0 cm³/mol. The van der Waals surface area contributed by atoms with Crippen LogP contribution in [0.25, 0.3) is 0 Å². The molecular weight excluding hydrogens is 296 g/mol. The molecule has 0 aliphatic heterocycles. The fourth-order valence-electron chi connectivity index (χ4n) is 2.87. The summed E-state index contributed by atoms with van der Waals surface area (Å²) in [4.78, 5) is 34.9. The van der Waals surface area contributed by atoms with E-state index in [1.807, 2.05) is 6.92 Å². The number of carbonyl (C=O) groups excluding carboxylic acids is 2. The SMILES string of the molecule is CC1CC1C(=O)Nc1cccc(C(=O)NC2CC(C(=O)O)C2)c1. The van der Waals surface area contributed by atoms with Crippen molar-refractivity contribution in [3.05, 3.63) is 29.8 Å². The summed E-state index contributed by atoms with van der Waals surface area (Å²) in [5.74, 6) is -0.897. The zero-order valence-electron chi connectivity index (χ0n) is 12.9. The lowest BCUT2D eigenvalue weighted by Gasteiger charge is -2.32. The maximum atomic E-state index is 12.2. The van der Waals surface area contributed by atoms with Crippen LogP contribution < -0.4 is 10.6 Å². The number of carboxylic acids is 1. The van der Waals surface area contributed by atoms with Crippen molar-refractivity contribution in [2.45, 2.75) is 32.2 Å². The van der Waals surface area contributed by atoms with E-state index in [4.69, 9.17) is 5.11 Å². The fraction of sp³-hybridized carbons (Fsp3) is 0.471. The molecule has 2 saturated carbocycles. The lowest BCUT2D eigenvalue weighted by atomic mass is 9.80. The average Bonchev–Trinajstić information content (AvgIpc) is 3.19. The molecule has 0 aromatic heterocycles. The van der Waals surface area contributed by atoms with Crippen LogP contribution in [0.5, 0.6) is 0 Å². The van der Waals surface area contributed by atoms with Gasteiger partial charge < -0.3 is 15.7 Å². The van der Waals surface area contributed by atoms with Gasteiger partial charge in [-0.1, -0.05) is 13.0 Å². The lowest BCUT2D eigenvalue weighted by molar-refractivity contribution is -0.145. The highest BCUT2D eigenvalue weighted by molar-refractivity contribution is 5.98. The van der Waals surface area contributed by atoms with Crippen molar-refractivity contribution in [1.82, 2.24) is 5.32 Å². The van der Waals surface area contributed by atoms with Crippen molar-refractivity contribution in [2.75, 3.05) is 5.32 Å². The summed E-state index contributed by atoms with van der Waals surface area (Å²) in [5.41, 5.74) is 1.07. The van der Waals surface area contributed by atoms with Gasteiger partial charge in [0.25, 0.3) is 5.91 Å². The second kappa shape index (κ2) is 6.02. The number of hydrogen-bond acceptors (Lipinski definition) is 3. The monoisotopic (exact) mass is 316 g/mol. The number of aliphatic carboxylic acids is 1. The van der Waals surface area contributed by atoms with Gasteiger partial charge in [0.05, 0.1) is 5.92 Å². The molecule has 1 aromatic carbocycles. The number of rotatable bonds is 5. The van der Waals surface area contributed by atoms with Crippen LogP contribution in [0.15, 0.2) is 24.3 Å². The Hall–Kier alpha value is -2.37. The molecule has 2 aliphatic carbocycles. The molecule has 2 atom stereocenters. The molecule has 0 radical (unpaired) electrons. The zero-order valence-corrected chi connectivity index (χ0v) is 12.9. The molecule has 2 aliphatic rings. The first-order valence-electron chi connectivity index (χ1n) is 7.88. The zero-order chi connectivity index (χ0) is 16.6. The van der Waals surface area contributed by atoms with Crippen molar-refractivity contribution in [3.63, 3.8) is 0 Å². The molecule has 0 saturated heterocycles. The Morgan fingerprint density at radius 2 is 1.87 bits per heavy atom. The molecule has 3 rings (SSSR count). The van der Waals surface area contributed by atoms with E-state index in [1.165, 1.54) is 0 Å². The second-order valence-corrected chi connectivity index (χ2v) is 6.57. The van der Waals surface area contributed by atoms with E-state index in [1.54, 1.807) is 24.3 Å². The van der Waals surface area contributed by atoms with Crippen LogP contribution in [0.2, 0.25) is 0 Å².